The van der Waals surface area contributed by atoms with Crippen molar-refractivity contribution in [3.8, 4) is 0 Å². The normalized spacial score (nSPS) is 17.2. The molecular formula is C21H30IN3O2. The number of ether oxygens (including phenoxy) is 1. The Labute approximate surface area is 179 Å². The minimum Gasteiger partial charge on any atom is -0.469 e. The van der Waals surface area contributed by atoms with Crippen LogP contribution in [-0.4, -0.2) is 31.8 Å². The topological polar surface area (TPSA) is 58.8 Å². The second-order valence-corrected chi connectivity index (χ2v) is 6.72. The molecule has 1 aromatic carbocycles. The molecule has 0 aliphatic carbocycles. The molecule has 0 spiro atoms. The Bertz CT molecular complexity index is 682. The Kier molecular flexibility index (Phi) is 9.69. The molecule has 1 unspecified atom stereocenters. The molecule has 5 nitrogen and oxygen atoms in total. The first kappa shape index (κ1) is 21.8. The highest BCUT2D eigenvalue weighted by Crippen LogP contribution is 2.12. The Morgan fingerprint density at radius 3 is 2.78 bits per heavy atom. The second kappa shape index (κ2) is 12.0. The van der Waals surface area contributed by atoms with Crippen molar-refractivity contribution in [1.82, 2.24) is 10.6 Å². The zero-order valence-electron chi connectivity index (χ0n) is 15.9. The third kappa shape index (κ3) is 7.54. The van der Waals surface area contributed by atoms with Gasteiger partial charge in [-0.2, -0.15) is 0 Å². The average molecular weight is 483 g/mol. The number of furan rings is 1. The molecule has 2 heterocycles. The first-order chi connectivity index (χ1) is 12.8. The van der Waals surface area contributed by atoms with Gasteiger partial charge in [-0.15, -0.1) is 24.0 Å². The summed E-state index contributed by atoms with van der Waals surface area (Å²) in [7, 11) is 0. The fourth-order valence-electron chi connectivity index (χ4n) is 3.06. The SMILES string of the molecule is Cc1ccccc1CN=C(NCCc1ccco1)NCC1CCCCO1.I. The Morgan fingerprint density at radius 2 is 2.04 bits per heavy atom. The van der Waals surface area contributed by atoms with Gasteiger partial charge in [0.15, 0.2) is 5.96 Å². The van der Waals surface area contributed by atoms with E-state index in [0.29, 0.717) is 6.54 Å². The summed E-state index contributed by atoms with van der Waals surface area (Å²) in [6, 6.07) is 12.3. The van der Waals surface area contributed by atoms with Crippen LogP contribution in [0.5, 0.6) is 0 Å². The van der Waals surface area contributed by atoms with Crippen LogP contribution >= 0.6 is 24.0 Å². The number of aryl methyl sites for hydroxylation is 1. The van der Waals surface area contributed by atoms with E-state index in [4.69, 9.17) is 14.1 Å². The van der Waals surface area contributed by atoms with Crippen LogP contribution < -0.4 is 10.6 Å². The van der Waals surface area contributed by atoms with Crippen molar-refractivity contribution in [3.05, 3.63) is 59.5 Å². The van der Waals surface area contributed by atoms with Crippen LogP contribution in [0, 0.1) is 6.92 Å². The highest BCUT2D eigenvalue weighted by Gasteiger charge is 2.14. The second-order valence-electron chi connectivity index (χ2n) is 6.72. The zero-order valence-corrected chi connectivity index (χ0v) is 18.3. The molecule has 0 amide bonds. The molecule has 1 fully saturated rings. The molecule has 6 heteroatoms. The molecule has 1 aliphatic heterocycles. The lowest BCUT2D eigenvalue weighted by molar-refractivity contribution is 0.0194. The molecule has 2 N–H and O–H groups in total. The highest BCUT2D eigenvalue weighted by molar-refractivity contribution is 14.0. The van der Waals surface area contributed by atoms with Crippen molar-refractivity contribution in [1.29, 1.82) is 0 Å². The van der Waals surface area contributed by atoms with Crippen molar-refractivity contribution in [2.24, 2.45) is 4.99 Å². The van der Waals surface area contributed by atoms with Crippen molar-refractivity contribution in [2.75, 3.05) is 19.7 Å². The summed E-state index contributed by atoms with van der Waals surface area (Å²) >= 11 is 0. The van der Waals surface area contributed by atoms with Gasteiger partial charge in [0.2, 0.25) is 0 Å². The fourth-order valence-corrected chi connectivity index (χ4v) is 3.06. The maximum Gasteiger partial charge on any atom is 0.191 e. The summed E-state index contributed by atoms with van der Waals surface area (Å²) in [5, 5.41) is 6.85. The zero-order chi connectivity index (χ0) is 18.0. The predicted molar refractivity (Wildman–Crippen MR) is 120 cm³/mol. The maximum atomic E-state index is 5.81. The lowest BCUT2D eigenvalue weighted by Gasteiger charge is -2.24. The highest BCUT2D eigenvalue weighted by atomic mass is 127. The van der Waals surface area contributed by atoms with Crippen LogP contribution in [-0.2, 0) is 17.7 Å². The van der Waals surface area contributed by atoms with E-state index in [9.17, 15) is 0 Å². The van der Waals surface area contributed by atoms with E-state index >= 15 is 0 Å². The lowest BCUT2D eigenvalue weighted by atomic mass is 10.1. The van der Waals surface area contributed by atoms with E-state index in [1.165, 1.54) is 24.0 Å². The summed E-state index contributed by atoms with van der Waals surface area (Å²) in [4.78, 5) is 4.77. The van der Waals surface area contributed by atoms with Gasteiger partial charge < -0.3 is 19.8 Å². The van der Waals surface area contributed by atoms with Gasteiger partial charge in [-0.25, -0.2) is 4.99 Å². The van der Waals surface area contributed by atoms with Crippen molar-refractivity contribution in [2.45, 2.75) is 45.3 Å². The molecule has 2 aromatic rings. The third-order valence-corrected chi connectivity index (χ3v) is 4.68. The summed E-state index contributed by atoms with van der Waals surface area (Å²) in [5.74, 6) is 1.81. The molecule has 148 valence electrons. The van der Waals surface area contributed by atoms with Gasteiger partial charge in [0, 0.05) is 26.1 Å². The monoisotopic (exact) mass is 483 g/mol. The molecule has 1 aromatic heterocycles. The minimum absolute atomic E-state index is 0. The molecule has 27 heavy (non-hydrogen) atoms. The third-order valence-electron chi connectivity index (χ3n) is 4.68. The molecular weight excluding hydrogens is 453 g/mol. The number of hydrogen-bond donors (Lipinski definition) is 2. The average Bonchev–Trinajstić information content (AvgIpc) is 3.19. The van der Waals surface area contributed by atoms with Crippen LogP contribution in [0.4, 0.5) is 0 Å². The van der Waals surface area contributed by atoms with E-state index in [1.807, 2.05) is 12.1 Å². The lowest BCUT2D eigenvalue weighted by Crippen LogP contribution is -2.43. The molecule has 0 saturated carbocycles. The van der Waals surface area contributed by atoms with Gasteiger partial charge in [0.1, 0.15) is 5.76 Å². The van der Waals surface area contributed by atoms with E-state index in [2.05, 4.69) is 41.8 Å². The summed E-state index contributed by atoms with van der Waals surface area (Å²) in [6.45, 7) is 5.22. The van der Waals surface area contributed by atoms with Crippen LogP contribution in [0.25, 0.3) is 0 Å². The van der Waals surface area contributed by atoms with Gasteiger partial charge >= 0.3 is 0 Å². The number of nitrogens with one attached hydrogen (secondary N) is 2. The number of hydrogen-bond acceptors (Lipinski definition) is 3. The first-order valence-corrected chi connectivity index (χ1v) is 9.52. The van der Waals surface area contributed by atoms with Gasteiger partial charge in [-0.05, 0) is 49.4 Å². The summed E-state index contributed by atoms with van der Waals surface area (Å²) < 4.78 is 11.2. The fraction of sp³-hybridized carbons (Fsp3) is 0.476. The predicted octanol–water partition coefficient (Wildman–Crippen LogP) is 4.05. The van der Waals surface area contributed by atoms with E-state index in [0.717, 1.165) is 44.3 Å². The van der Waals surface area contributed by atoms with E-state index in [1.54, 1.807) is 6.26 Å². The number of benzene rings is 1. The number of nitrogens with zero attached hydrogens (tertiary/aromatic N) is 1. The van der Waals surface area contributed by atoms with Gasteiger partial charge in [0.05, 0.1) is 18.9 Å². The number of rotatable bonds is 7. The molecule has 0 radical (unpaired) electrons. The smallest absolute Gasteiger partial charge is 0.191 e. The van der Waals surface area contributed by atoms with Crippen molar-refractivity contribution in [3.63, 3.8) is 0 Å². The van der Waals surface area contributed by atoms with Crippen LogP contribution in [0.3, 0.4) is 0 Å². The molecule has 1 atom stereocenters. The minimum atomic E-state index is 0. The molecule has 3 rings (SSSR count). The van der Waals surface area contributed by atoms with Gasteiger partial charge in [-0.3, -0.25) is 0 Å². The van der Waals surface area contributed by atoms with E-state index < -0.39 is 0 Å². The number of halogens is 1. The molecule has 0 bridgehead atoms. The molecule has 1 saturated heterocycles. The quantitative estimate of drug-likeness (QED) is 0.355. The van der Waals surface area contributed by atoms with E-state index in [-0.39, 0.29) is 30.1 Å². The summed E-state index contributed by atoms with van der Waals surface area (Å²) in [5.41, 5.74) is 2.51. The molecule has 1 aliphatic rings. The maximum absolute atomic E-state index is 5.81. The largest absolute Gasteiger partial charge is 0.469 e. The van der Waals surface area contributed by atoms with Gasteiger partial charge in [-0.1, -0.05) is 24.3 Å². The van der Waals surface area contributed by atoms with Crippen LogP contribution in [0.1, 0.15) is 36.1 Å². The van der Waals surface area contributed by atoms with Crippen LogP contribution in [0.15, 0.2) is 52.1 Å². The number of aliphatic imine (C=N–C) groups is 1. The van der Waals surface area contributed by atoms with Crippen molar-refractivity contribution < 1.29 is 9.15 Å². The van der Waals surface area contributed by atoms with Crippen molar-refractivity contribution >= 4 is 29.9 Å². The standard InChI is InChI=1S/C21H29N3O2.HI/c1-17-7-2-3-8-18(17)15-23-21(22-12-11-19-10-6-14-25-19)24-16-20-9-4-5-13-26-20;/h2-3,6-8,10,14,20H,4-5,9,11-13,15-16H2,1H3,(H2,22,23,24);1H. The van der Waals surface area contributed by atoms with Crippen LogP contribution in [0.2, 0.25) is 0 Å². The Hall–Kier alpha value is -1.54. The first-order valence-electron chi connectivity index (χ1n) is 9.52. The Morgan fingerprint density at radius 1 is 1.15 bits per heavy atom. The Balaban J connectivity index is 0.00000261. The number of guanidine groups is 1. The van der Waals surface area contributed by atoms with Gasteiger partial charge in [0.25, 0.3) is 0 Å². The summed E-state index contributed by atoms with van der Waals surface area (Å²) in [6.07, 6.45) is 6.35.